The van der Waals surface area contributed by atoms with Crippen LogP contribution >= 0.6 is 23.4 Å². The molecule has 2 amide bonds. The average Bonchev–Trinajstić information content (AvgIpc) is 2.84. The first-order chi connectivity index (χ1) is 15.9. The molecule has 6 nitrogen and oxygen atoms in total. The number of esters is 1. The number of anilines is 1. The molecule has 3 rings (SSSR count). The number of thioether (sulfide) groups is 1. The van der Waals surface area contributed by atoms with Crippen LogP contribution in [0.25, 0.3) is 6.08 Å². The van der Waals surface area contributed by atoms with Gasteiger partial charge in [-0.25, -0.2) is 0 Å². The second kappa shape index (κ2) is 11.9. The fourth-order valence-corrected chi connectivity index (χ4v) is 3.64. The maximum absolute atomic E-state index is 13.1. The predicted molar refractivity (Wildman–Crippen MR) is 131 cm³/mol. The van der Waals surface area contributed by atoms with E-state index in [0.717, 1.165) is 4.90 Å². The van der Waals surface area contributed by atoms with Gasteiger partial charge in [-0.3, -0.25) is 14.4 Å². The molecule has 0 radical (unpaired) electrons. The molecule has 0 saturated heterocycles. The fourth-order valence-electron chi connectivity index (χ4n) is 2.73. The van der Waals surface area contributed by atoms with Crippen LogP contribution in [0.1, 0.15) is 15.9 Å². The maximum atomic E-state index is 13.1. The zero-order valence-electron chi connectivity index (χ0n) is 17.7. The summed E-state index contributed by atoms with van der Waals surface area (Å²) in [7, 11) is 1.33. The molecule has 0 aliphatic heterocycles. The molecule has 3 aromatic rings. The lowest BCUT2D eigenvalue weighted by Gasteiger charge is -2.12. The maximum Gasteiger partial charge on any atom is 0.315 e. The molecular formula is C25H21ClN2O4S. The van der Waals surface area contributed by atoms with Crippen LogP contribution < -0.4 is 10.6 Å². The van der Waals surface area contributed by atoms with Crippen LogP contribution in [0.4, 0.5) is 5.69 Å². The third-order valence-corrected chi connectivity index (χ3v) is 5.61. The van der Waals surface area contributed by atoms with Crippen LogP contribution in [0.15, 0.2) is 89.5 Å². The second-order valence-corrected chi connectivity index (χ2v) is 8.26. The smallest absolute Gasteiger partial charge is 0.315 e. The summed E-state index contributed by atoms with van der Waals surface area (Å²) in [5.74, 6) is -1.09. The Morgan fingerprint density at radius 1 is 0.970 bits per heavy atom. The quantitative estimate of drug-likeness (QED) is 0.269. The molecule has 3 aromatic carbocycles. The number of carbonyl (C=O) groups excluding carboxylic acids is 3. The summed E-state index contributed by atoms with van der Waals surface area (Å²) < 4.78 is 4.65. The van der Waals surface area contributed by atoms with Crippen molar-refractivity contribution in [3.05, 3.63) is 101 Å². The van der Waals surface area contributed by atoms with E-state index in [2.05, 4.69) is 15.4 Å². The highest BCUT2D eigenvalue weighted by Gasteiger charge is 2.15. The lowest BCUT2D eigenvalue weighted by molar-refractivity contribution is -0.137. The van der Waals surface area contributed by atoms with Crippen molar-refractivity contribution in [3.63, 3.8) is 0 Å². The van der Waals surface area contributed by atoms with Crippen molar-refractivity contribution in [3.8, 4) is 0 Å². The largest absolute Gasteiger partial charge is 0.468 e. The molecule has 0 aromatic heterocycles. The summed E-state index contributed by atoms with van der Waals surface area (Å²) in [4.78, 5) is 37.9. The molecule has 0 bridgehead atoms. The Morgan fingerprint density at radius 2 is 1.70 bits per heavy atom. The lowest BCUT2D eigenvalue weighted by Crippen LogP contribution is -2.30. The predicted octanol–water partition coefficient (Wildman–Crippen LogP) is 5.01. The number of carbonyl (C=O) groups is 3. The Balaban J connectivity index is 1.81. The van der Waals surface area contributed by atoms with Crippen LogP contribution in [-0.2, 0) is 14.3 Å². The van der Waals surface area contributed by atoms with Gasteiger partial charge in [-0.1, -0.05) is 48.0 Å². The van der Waals surface area contributed by atoms with Gasteiger partial charge in [0.05, 0.1) is 12.9 Å². The molecule has 168 valence electrons. The highest BCUT2D eigenvalue weighted by molar-refractivity contribution is 8.00. The van der Waals surface area contributed by atoms with Crippen molar-refractivity contribution in [2.24, 2.45) is 0 Å². The average molecular weight is 481 g/mol. The van der Waals surface area contributed by atoms with Crippen LogP contribution in [0, 0.1) is 0 Å². The summed E-state index contributed by atoms with van der Waals surface area (Å²) in [6, 6.07) is 22.6. The highest BCUT2D eigenvalue weighted by Crippen LogP contribution is 2.22. The third-order valence-electron chi connectivity index (χ3n) is 4.39. The van der Waals surface area contributed by atoms with E-state index in [9.17, 15) is 14.4 Å². The molecule has 0 saturated carbocycles. The molecule has 0 atom stereocenters. The monoisotopic (exact) mass is 480 g/mol. The number of amides is 2. The minimum Gasteiger partial charge on any atom is -0.468 e. The van der Waals surface area contributed by atoms with E-state index in [4.69, 9.17) is 11.6 Å². The van der Waals surface area contributed by atoms with Gasteiger partial charge in [0.1, 0.15) is 5.70 Å². The third kappa shape index (κ3) is 7.52. The van der Waals surface area contributed by atoms with Gasteiger partial charge in [-0.15, -0.1) is 11.8 Å². The topological polar surface area (TPSA) is 84.5 Å². The van der Waals surface area contributed by atoms with Crippen molar-refractivity contribution in [1.82, 2.24) is 5.32 Å². The molecule has 0 aliphatic carbocycles. The van der Waals surface area contributed by atoms with Crippen molar-refractivity contribution in [1.29, 1.82) is 0 Å². The molecule has 0 fully saturated rings. The fraction of sp³-hybridized carbons (Fsp3) is 0.0800. The molecule has 0 unspecified atom stereocenters. The number of hydrogen-bond acceptors (Lipinski definition) is 5. The molecule has 0 heterocycles. The first-order valence-corrected chi connectivity index (χ1v) is 11.3. The van der Waals surface area contributed by atoms with E-state index < -0.39 is 11.8 Å². The lowest BCUT2D eigenvalue weighted by atomic mass is 10.1. The van der Waals surface area contributed by atoms with E-state index in [0.29, 0.717) is 21.8 Å². The normalized spacial score (nSPS) is 10.9. The number of methoxy groups -OCH3 is 1. The summed E-state index contributed by atoms with van der Waals surface area (Å²) in [5.41, 5.74) is 1.71. The van der Waals surface area contributed by atoms with E-state index in [1.165, 1.54) is 18.9 Å². The van der Waals surface area contributed by atoms with E-state index in [-0.39, 0.29) is 17.4 Å². The van der Waals surface area contributed by atoms with Gasteiger partial charge in [0.2, 0.25) is 0 Å². The Kier molecular flexibility index (Phi) is 8.69. The highest BCUT2D eigenvalue weighted by atomic mass is 35.5. The standard InChI is InChI=1S/C25H21ClN2O4S/c1-32-23(29)16-33-21-9-5-8-20(15-21)27-25(31)22(14-17-10-12-19(26)13-11-17)28-24(30)18-6-3-2-4-7-18/h2-15H,16H2,1H3,(H,27,31)(H,28,30)/b22-14+. The zero-order chi connectivity index (χ0) is 23.6. The minimum atomic E-state index is -0.496. The van der Waals surface area contributed by atoms with Gasteiger partial charge in [0, 0.05) is 21.2 Å². The van der Waals surface area contributed by atoms with Crippen molar-refractivity contribution in [2.45, 2.75) is 4.90 Å². The van der Waals surface area contributed by atoms with E-state index in [1.807, 2.05) is 6.07 Å². The van der Waals surface area contributed by atoms with Crippen molar-refractivity contribution < 1.29 is 19.1 Å². The first kappa shape index (κ1) is 24.1. The molecule has 2 N–H and O–H groups in total. The Hall–Kier alpha value is -3.55. The van der Waals surface area contributed by atoms with Gasteiger partial charge in [0.25, 0.3) is 11.8 Å². The van der Waals surface area contributed by atoms with Crippen molar-refractivity contribution in [2.75, 3.05) is 18.2 Å². The number of rotatable bonds is 8. The summed E-state index contributed by atoms with van der Waals surface area (Å²) in [6.07, 6.45) is 1.57. The van der Waals surface area contributed by atoms with Crippen molar-refractivity contribution >= 4 is 52.9 Å². The van der Waals surface area contributed by atoms with Gasteiger partial charge in [-0.2, -0.15) is 0 Å². The number of halogens is 1. The van der Waals surface area contributed by atoms with Gasteiger partial charge >= 0.3 is 5.97 Å². The van der Waals surface area contributed by atoms with Crippen LogP contribution in [0.3, 0.4) is 0 Å². The van der Waals surface area contributed by atoms with Gasteiger partial charge in [0.15, 0.2) is 0 Å². The second-order valence-electron chi connectivity index (χ2n) is 6.78. The summed E-state index contributed by atoms with van der Waals surface area (Å²) in [6.45, 7) is 0. The molecular weight excluding hydrogens is 460 g/mol. The number of benzene rings is 3. The number of ether oxygens (including phenoxy) is 1. The zero-order valence-corrected chi connectivity index (χ0v) is 19.3. The Bertz CT molecular complexity index is 1160. The van der Waals surface area contributed by atoms with E-state index >= 15 is 0 Å². The van der Waals surface area contributed by atoms with Crippen LogP contribution in [0.5, 0.6) is 0 Å². The SMILES string of the molecule is COC(=O)CSc1cccc(NC(=O)/C(=C\c2ccc(Cl)cc2)NC(=O)c2ccccc2)c1. The summed E-state index contributed by atoms with van der Waals surface area (Å²) in [5, 5.41) is 6.05. The Morgan fingerprint density at radius 3 is 2.39 bits per heavy atom. The van der Waals surface area contributed by atoms with Gasteiger partial charge < -0.3 is 15.4 Å². The molecule has 0 spiro atoms. The molecule has 33 heavy (non-hydrogen) atoms. The number of hydrogen-bond donors (Lipinski definition) is 2. The summed E-state index contributed by atoms with van der Waals surface area (Å²) >= 11 is 7.24. The number of nitrogens with one attached hydrogen (secondary N) is 2. The minimum absolute atomic E-state index is 0.0683. The van der Waals surface area contributed by atoms with E-state index in [1.54, 1.807) is 78.9 Å². The Labute approximate surface area is 201 Å². The first-order valence-electron chi connectivity index (χ1n) is 9.89. The van der Waals surface area contributed by atoms with Gasteiger partial charge in [-0.05, 0) is 54.1 Å². The van der Waals surface area contributed by atoms with Crippen LogP contribution in [-0.4, -0.2) is 30.6 Å². The molecule has 0 aliphatic rings. The molecule has 8 heteroatoms. The van der Waals surface area contributed by atoms with Crippen LogP contribution in [0.2, 0.25) is 5.02 Å².